The first-order valence-electron chi connectivity index (χ1n) is 5.95. The van der Waals surface area contributed by atoms with Crippen molar-refractivity contribution < 1.29 is 17.9 Å². The highest BCUT2D eigenvalue weighted by atomic mass is 19.4. The van der Waals surface area contributed by atoms with Crippen molar-refractivity contribution >= 4 is 0 Å². The van der Waals surface area contributed by atoms with E-state index in [1.54, 1.807) is 0 Å². The first-order valence-corrected chi connectivity index (χ1v) is 5.95. The number of hydrogen-bond acceptors (Lipinski definition) is 4. The van der Waals surface area contributed by atoms with E-state index in [2.05, 4.69) is 10.3 Å². The van der Waals surface area contributed by atoms with Gasteiger partial charge < -0.3 is 4.74 Å². The Morgan fingerprint density at radius 3 is 2.63 bits per heavy atom. The number of nitrogens with zero attached hydrogens (tertiary/aromatic N) is 4. The highest BCUT2D eigenvalue weighted by Crippen LogP contribution is 2.30. The molecule has 1 aliphatic rings. The summed E-state index contributed by atoms with van der Waals surface area (Å²) < 4.78 is 43.6. The zero-order chi connectivity index (χ0) is 13.9. The van der Waals surface area contributed by atoms with Crippen LogP contribution in [0, 0.1) is 11.3 Å². The van der Waals surface area contributed by atoms with Gasteiger partial charge in [-0.25, -0.2) is 4.68 Å². The van der Waals surface area contributed by atoms with E-state index >= 15 is 0 Å². The normalized spacial score (nSPS) is 17.4. The Hall–Kier alpha value is -1.62. The van der Waals surface area contributed by atoms with Crippen LogP contribution >= 0.6 is 0 Å². The standard InChI is InChI=1S/C11H13F3N4O/c12-11(13,14)7-18-10(8-2-5-19-6-3-8)9(1-4-15)16-17-18/h8H,1-3,5-7H2. The zero-order valence-electron chi connectivity index (χ0n) is 10.2. The molecule has 0 radical (unpaired) electrons. The van der Waals surface area contributed by atoms with Gasteiger partial charge in [0.2, 0.25) is 0 Å². The maximum Gasteiger partial charge on any atom is 0.408 e. The van der Waals surface area contributed by atoms with Gasteiger partial charge in [-0.3, -0.25) is 0 Å². The summed E-state index contributed by atoms with van der Waals surface area (Å²) in [5.41, 5.74) is 0.779. The van der Waals surface area contributed by atoms with Crippen LogP contribution < -0.4 is 0 Å². The molecular weight excluding hydrogens is 261 g/mol. The van der Waals surface area contributed by atoms with Gasteiger partial charge in [0.15, 0.2) is 0 Å². The van der Waals surface area contributed by atoms with Gasteiger partial charge in [0.05, 0.1) is 18.2 Å². The maximum absolute atomic E-state index is 12.5. The molecule has 2 heterocycles. The van der Waals surface area contributed by atoms with Gasteiger partial charge in [-0.2, -0.15) is 18.4 Å². The van der Waals surface area contributed by atoms with Crippen LogP contribution in [0.25, 0.3) is 0 Å². The smallest absolute Gasteiger partial charge is 0.381 e. The molecule has 0 aliphatic carbocycles. The lowest BCUT2D eigenvalue weighted by Crippen LogP contribution is -2.24. The Labute approximate surface area is 108 Å². The molecule has 0 spiro atoms. The molecule has 0 aromatic carbocycles. The molecule has 0 amide bonds. The maximum atomic E-state index is 12.5. The van der Waals surface area contributed by atoms with Crippen molar-refractivity contribution in [3.8, 4) is 6.07 Å². The molecule has 1 aliphatic heterocycles. The summed E-state index contributed by atoms with van der Waals surface area (Å²) in [6, 6.07) is 1.91. The first kappa shape index (κ1) is 13.8. The summed E-state index contributed by atoms with van der Waals surface area (Å²) in [4.78, 5) is 0. The van der Waals surface area contributed by atoms with E-state index in [1.165, 1.54) is 0 Å². The number of hydrogen-bond donors (Lipinski definition) is 0. The van der Waals surface area contributed by atoms with Crippen LogP contribution in [0.3, 0.4) is 0 Å². The molecule has 0 bridgehead atoms. The Morgan fingerprint density at radius 1 is 1.37 bits per heavy atom. The minimum atomic E-state index is -4.35. The average molecular weight is 274 g/mol. The van der Waals surface area contributed by atoms with E-state index in [4.69, 9.17) is 10.00 Å². The SMILES string of the molecule is N#CCc1nnn(CC(F)(F)F)c1C1CCOCC1. The average Bonchev–Trinajstić information content (AvgIpc) is 2.71. The Kier molecular flexibility index (Phi) is 4.04. The summed E-state index contributed by atoms with van der Waals surface area (Å²) >= 11 is 0. The molecular formula is C11H13F3N4O. The lowest BCUT2D eigenvalue weighted by Gasteiger charge is -2.23. The van der Waals surface area contributed by atoms with Crippen LogP contribution in [0.1, 0.15) is 30.1 Å². The van der Waals surface area contributed by atoms with Crippen molar-refractivity contribution in [3.63, 3.8) is 0 Å². The Bertz CT molecular complexity index is 471. The van der Waals surface area contributed by atoms with Crippen LogP contribution in [0.15, 0.2) is 0 Å². The van der Waals surface area contributed by atoms with Crippen molar-refractivity contribution in [2.75, 3.05) is 13.2 Å². The highest BCUT2D eigenvalue weighted by molar-refractivity contribution is 5.19. The molecule has 0 N–H and O–H groups in total. The second kappa shape index (κ2) is 5.57. The topological polar surface area (TPSA) is 63.7 Å². The van der Waals surface area contributed by atoms with Crippen molar-refractivity contribution in [1.82, 2.24) is 15.0 Å². The van der Waals surface area contributed by atoms with Crippen molar-refractivity contribution in [2.45, 2.75) is 37.9 Å². The second-order valence-electron chi connectivity index (χ2n) is 4.42. The fraction of sp³-hybridized carbons (Fsp3) is 0.727. The minimum absolute atomic E-state index is 0.0233. The number of alkyl halides is 3. The molecule has 0 atom stereocenters. The van der Waals surface area contributed by atoms with Gasteiger partial charge in [-0.1, -0.05) is 5.21 Å². The zero-order valence-corrected chi connectivity index (χ0v) is 10.2. The molecule has 8 heteroatoms. The van der Waals surface area contributed by atoms with Gasteiger partial charge in [0.25, 0.3) is 0 Å². The Morgan fingerprint density at radius 2 is 2.05 bits per heavy atom. The number of ether oxygens (including phenoxy) is 1. The number of rotatable bonds is 3. The number of halogens is 3. The van der Waals surface area contributed by atoms with Gasteiger partial charge in [-0.05, 0) is 12.8 Å². The summed E-state index contributed by atoms with van der Waals surface area (Å²) in [6.07, 6.45) is -3.12. The summed E-state index contributed by atoms with van der Waals surface area (Å²) in [7, 11) is 0. The van der Waals surface area contributed by atoms with Gasteiger partial charge in [-0.15, -0.1) is 5.10 Å². The predicted octanol–water partition coefficient (Wildman–Crippen LogP) is 1.80. The third-order valence-corrected chi connectivity index (χ3v) is 3.03. The molecule has 0 saturated carbocycles. The molecule has 1 aromatic rings. The van der Waals surface area contributed by atoms with Crippen LogP contribution in [0.5, 0.6) is 0 Å². The molecule has 1 aromatic heterocycles. The summed E-state index contributed by atoms with van der Waals surface area (Å²) in [6.45, 7) is -0.153. The van der Waals surface area contributed by atoms with E-state index < -0.39 is 12.7 Å². The molecule has 1 saturated heterocycles. The van der Waals surface area contributed by atoms with Gasteiger partial charge >= 0.3 is 6.18 Å². The van der Waals surface area contributed by atoms with Crippen molar-refractivity contribution in [1.29, 1.82) is 5.26 Å². The van der Waals surface area contributed by atoms with Gasteiger partial charge in [0, 0.05) is 19.1 Å². The van der Waals surface area contributed by atoms with Crippen molar-refractivity contribution in [3.05, 3.63) is 11.4 Å². The Balaban J connectivity index is 2.30. The molecule has 19 heavy (non-hydrogen) atoms. The monoisotopic (exact) mass is 274 g/mol. The predicted molar refractivity (Wildman–Crippen MR) is 58.2 cm³/mol. The fourth-order valence-electron chi connectivity index (χ4n) is 2.26. The number of nitriles is 1. The first-order chi connectivity index (χ1) is 9.01. The number of aromatic nitrogens is 3. The fourth-order valence-corrected chi connectivity index (χ4v) is 2.26. The third kappa shape index (κ3) is 3.44. The van der Waals surface area contributed by atoms with Crippen LogP contribution in [0.4, 0.5) is 13.2 Å². The third-order valence-electron chi connectivity index (χ3n) is 3.03. The largest absolute Gasteiger partial charge is 0.408 e. The van der Waals surface area contributed by atoms with E-state index in [0.717, 1.165) is 4.68 Å². The lowest BCUT2D eigenvalue weighted by atomic mass is 9.94. The quantitative estimate of drug-likeness (QED) is 0.843. The molecule has 0 unspecified atom stereocenters. The van der Waals surface area contributed by atoms with Gasteiger partial charge in [0.1, 0.15) is 12.2 Å². The van der Waals surface area contributed by atoms with E-state index in [-0.39, 0.29) is 12.3 Å². The van der Waals surface area contributed by atoms with Crippen LogP contribution in [-0.2, 0) is 17.7 Å². The molecule has 1 fully saturated rings. The molecule has 5 nitrogen and oxygen atoms in total. The summed E-state index contributed by atoms with van der Waals surface area (Å²) in [5, 5.41) is 16.0. The molecule has 104 valence electrons. The van der Waals surface area contributed by atoms with Crippen LogP contribution in [0.2, 0.25) is 0 Å². The second-order valence-corrected chi connectivity index (χ2v) is 4.42. The minimum Gasteiger partial charge on any atom is -0.381 e. The lowest BCUT2D eigenvalue weighted by molar-refractivity contribution is -0.143. The summed E-state index contributed by atoms with van der Waals surface area (Å²) in [5.74, 6) is -0.0746. The van der Waals surface area contributed by atoms with E-state index in [0.29, 0.717) is 37.4 Å². The highest BCUT2D eigenvalue weighted by Gasteiger charge is 2.33. The van der Waals surface area contributed by atoms with E-state index in [1.807, 2.05) is 6.07 Å². The molecule has 2 rings (SSSR count). The van der Waals surface area contributed by atoms with Crippen LogP contribution in [-0.4, -0.2) is 34.4 Å². The van der Waals surface area contributed by atoms with Crippen molar-refractivity contribution in [2.24, 2.45) is 0 Å². The van der Waals surface area contributed by atoms with E-state index in [9.17, 15) is 13.2 Å².